The lowest BCUT2D eigenvalue weighted by Crippen LogP contribution is -2.32. The van der Waals surface area contributed by atoms with Crippen LogP contribution < -0.4 is 10.1 Å². The number of rotatable bonds is 7. The third-order valence-electron chi connectivity index (χ3n) is 5.12. The molecule has 1 saturated heterocycles. The van der Waals surface area contributed by atoms with E-state index < -0.39 is 15.9 Å². The first kappa shape index (κ1) is 22.6. The summed E-state index contributed by atoms with van der Waals surface area (Å²) in [7, 11) is -3.65. The number of carbonyl (C=O) groups is 1. The highest BCUT2D eigenvalue weighted by Crippen LogP contribution is 2.25. The van der Waals surface area contributed by atoms with Crippen molar-refractivity contribution in [3.8, 4) is 5.75 Å². The van der Waals surface area contributed by atoms with Crippen LogP contribution in [-0.4, -0.2) is 44.9 Å². The van der Waals surface area contributed by atoms with Crippen LogP contribution >= 0.6 is 11.6 Å². The van der Waals surface area contributed by atoms with Gasteiger partial charge in [0.25, 0.3) is 5.91 Å². The number of benzene rings is 2. The maximum atomic E-state index is 13.0. The summed E-state index contributed by atoms with van der Waals surface area (Å²) in [5.74, 6) is 0.330. The van der Waals surface area contributed by atoms with Crippen molar-refractivity contribution < 1.29 is 17.9 Å². The first-order valence-corrected chi connectivity index (χ1v) is 12.0. The summed E-state index contributed by atoms with van der Waals surface area (Å²) < 4.78 is 33.2. The molecule has 30 heavy (non-hydrogen) atoms. The van der Waals surface area contributed by atoms with Gasteiger partial charge in [-0.2, -0.15) is 4.31 Å². The number of sulfonamides is 1. The zero-order chi connectivity index (χ0) is 21.6. The minimum absolute atomic E-state index is 0.0927. The SMILES string of the molecule is Cc1ccccc1OCCNC(=O)c1cc(S(=O)(=O)N2CCCCCC2)ccc1Cl. The van der Waals surface area contributed by atoms with Crippen LogP contribution in [-0.2, 0) is 10.0 Å². The smallest absolute Gasteiger partial charge is 0.252 e. The average molecular weight is 451 g/mol. The van der Waals surface area contributed by atoms with Gasteiger partial charge < -0.3 is 10.1 Å². The molecule has 0 bridgehead atoms. The lowest BCUT2D eigenvalue weighted by molar-refractivity contribution is 0.0947. The van der Waals surface area contributed by atoms with E-state index in [9.17, 15) is 13.2 Å². The van der Waals surface area contributed by atoms with Crippen LogP contribution in [0.15, 0.2) is 47.4 Å². The summed E-state index contributed by atoms with van der Waals surface area (Å²) >= 11 is 6.18. The van der Waals surface area contributed by atoms with Crippen molar-refractivity contribution in [2.75, 3.05) is 26.2 Å². The second-order valence-corrected chi connectivity index (χ2v) is 9.67. The number of nitrogens with zero attached hydrogens (tertiary/aromatic N) is 1. The molecule has 1 aliphatic heterocycles. The lowest BCUT2D eigenvalue weighted by atomic mass is 10.2. The minimum Gasteiger partial charge on any atom is -0.491 e. The summed E-state index contributed by atoms with van der Waals surface area (Å²) in [6.07, 6.45) is 3.76. The van der Waals surface area contributed by atoms with Crippen LogP contribution in [0.5, 0.6) is 5.75 Å². The summed E-state index contributed by atoms with van der Waals surface area (Å²) in [6, 6.07) is 11.9. The molecule has 3 rings (SSSR count). The van der Waals surface area contributed by atoms with Gasteiger partial charge in [-0.3, -0.25) is 4.79 Å². The Morgan fingerprint density at radius 2 is 1.80 bits per heavy atom. The molecule has 2 aromatic carbocycles. The molecule has 0 radical (unpaired) electrons. The topological polar surface area (TPSA) is 75.7 Å². The predicted molar refractivity (Wildman–Crippen MR) is 118 cm³/mol. The molecule has 1 fully saturated rings. The van der Waals surface area contributed by atoms with Gasteiger partial charge in [-0.15, -0.1) is 0 Å². The lowest BCUT2D eigenvalue weighted by Gasteiger charge is -2.20. The molecule has 1 amide bonds. The number of aryl methyl sites for hydroxylation is 1. The summed E-state index contributed by atoms with van der Waals surface area (Å²) in [4.78, 5) is 12.7. The van der Waals surface area contributed by atoms with Crippen molar-refractivity contribution in [2.24, 2.45) is 0 Å². The number of nitrogens with one attached hydrogen (secondary N) is 1. The van der Waals surface area contributed by atoms with Crippen LogP contribution in [0.4, 0.5) is 0 Å². The summed E-state index contributed by atoms with van der Waals surface area (Å²) in [6.45, 7) is 3.52. The van der Waals surface area contributed by atoms with E-state index in [4.69, 9.17) is 16.3 Å². The van der Waals surface area contributed by atoms with Crippen LogP contribution in [0, 0.1) is 6.92 Å². The molecule has 0 spiro atoms. The van der Waals surface area contributed by atoms with Crippen LogP contribution in [0.1, 0.15) is 41.6 Å². The average Bonchev–Trinajstić information content (AvgIpc) is 3.02. The maximum Gasteiger partial charge on any atom is 0.252 e. The molecule has 0 aromatic heterocycles. The fourth-order valence-electron chi connectivity index (χ4n) is 3.41. The molecule has 1 aliphatic rings. The first-order chi connectivity index (χ1) is 14.4. The zero-order valence-electron chi connectivity index (χ0n) is 17.1. The third-order valence-corrected chi connectivity index (χ3v) is 7.35. The quantitative estimate of drug-likeness (QED) is 0.646. The Morgan fingerprint density at radius 3 is 2.50 bits per heavy atom. The van der Waals surface area contributed by atoms with Crippen molar-refractivity contribution in [2.45, 2.75) is 37.5 Å². The molecule has 0 saturated carbocycles. The van der Waals surface area contributed by atoms with E-state index in [1.165, 1.54) is 22.5 Å². The Morgan fingerprint density at radius 1 is 1.10 bits per heavy atom. The molecule has 1 heterocycles. The Balaban J connectivity index is 1.65. The van der Waals surface area contributed by atoms with Gasteiger partial charge >= 0.3 is 0 Å². The number of ether oxygens (including phenoxy) is 1. The molecule has 8 heteroatoms. The first-order valence-electron chi connectivity index (χ1n) is 10.2. The zero-order valence-corrected chi connectivity index (χ0v) is 18.6. The third kappa shape index (κ3) is 5.53. The summed E-state index contributed by atoms with van der Waals surface area (Å²) in [5, 5.41) is 2.95. The number of amides is 1. The normalized spacial score (nSPS) is 15.4. The Kier molecular flexibility index (Phi) is 7.75. The largest absolute Gasteiger partial charge is 0.491 e. The molecule has 0 atom stereocenters. The second-order valence-electron chi connectivity index (χ2n) is 7.33. The van der Waals surface area contributed by atoms with E-state index >= 15 is 0 Å². The molecule has 1 N–H and O–H groups in total. The molecule has 162 valence electrons. The van der Waals surface area contributed by atoms with Crippen molar-refractivity contribution in [1.82, 2.24) is 9.62 Å². The highest BCUT2D eigenvalue weighted by molar-refractivity contribution is 7.89. The van der Waals surface area contributed by atoms with Crippen molar-refractivity contribution >= 4 is 27.5 Å². The molecule has 0 unspecified atom stereocenters. The number of hydrogen-bond acceptors (Lipinski definition) is 4. The van der Waals surface area contributed by atoms with Gasteiger partial charge in [0.1, 0.15) is 12.4 Å². The standard InChI is InChI=1S/C22H27ClN2O4S/c1-17-8-4-5-9-21(17)29-15-12-24-22(26)19-16-18(10-11-20(19)23)30(27,28)25-13-6-2-3-7-14-25/h4-5,8-11,16H,2-3,6-7,12-15H2,1H3,(H,24,26). The fourth-order valence-corrected chi connectivity index (χ4v) is 5.16. The molecular formula is C22H27ClN2O4S. The number of carbonyl (C=O) groups excluding carboxylic acids is 1. The number of halogens is 1. The second kappa shape index (κ2) is 10.3. The van der Waals surface area contributed by atoms with E-state index in [1.807, 2.05) is 31.2 Å². The van der Waals surface area contributed by atoms with Gasteiger partial charge in [-0.25, -0.2) is 8.42 Å². The van der Waals surface area contributed by atoms with E-state index in [1.54, 1.807) is 0 Å². The van der Waals surface area contributed by atoms with Crippen LogP contribution in [0.25, 0.3) is 0 Å². The number of hydrogen-bond donors (Lipinski definition) is 1. The Labute approximate surface area is 183 Å². The van der Waals surface area contributed by atoms with Gasteiger partial charge in [0.2, 0.25) is 10.0 Å². The number of para-hydroxylation sites is 1. The van der Waals surface area contributed by atoms with Gasteiger partial charge in [-0.05, 0) is 49.6 Å². The molecule has 2 aromatic rings. The van der Waals surface area contributed by atoms with Crippen molar-refractivity contribution in [3.05, 3.63) is 58.6 Å². The van der Waals surface area contributed by atoms with Crippen molar-refractivity contribution in [3.63, 3.8) is 0 Å². The van der Waals surface area contributed by atoms with Crippen molar-refractivity contribution in [1.29, 1.82) is 0 Å². The van der Waals surface area contributed by atoms with Gasteiger partial charge in [0, 0.05) is 13.1 Å². The van der Waals surface area contributed by atoms with E-state index in [0.717, 1.165) is 37.0 Å². The monoisotopic (exact) mass is 450 g/mol. The maximum absolute atomic E-state index is 13.0. The van der Waals surface area contributed by atoms with Gasteiger partial charge in [0.15, 0.2) is 0 Å². The van der Waals surface area contributed by atoms with E-state index in [-0.39, 0.29) is 22.0 Å². The Bertz CT molecular complexity index is 986. The predicted octanol–water partition coefficient (Wildman–Crippen LogP) is 4.02. The van der Waals surface area contributed by atoms with E-state index in [0.29, 0.717) is 19.7 Å². The van der Waals surface area contributed by atoms with Gasteiger partial charge in [-0.1, -0.05) is 42.6 Å². The molecule has 6 nitrogen and oxygen atoms in total. The summed E-state index contributed by atoms with van der Waals surface area (Å²) in [5.41, 5.74) is 1.15. The van der Waals surface area contributed by atoms with Gasteiger partial charge in [0.05, 0.1) is 22.0 Å². The molecular weight excluding hydrogens is 424 g/mol. The highest BCUT2D eigenvalue weighted by atomic mass is 35.5. The van der Waals surface area contributed by atoms with Crippen LogP contribution in [0.2, 0.25) is 5.02 Å². The highest BCUT2D eigenvalue weighted by Gasteiger charge is 2.26. The Hall–Kier alpha value is -2.09. The van der Waals surface area contributed by atoms with Crippen LogP contribution in [0.3, 0.4) is 0 Å². The van der Waals surface area contributed by atoms with E-state index in [2.05, 4.69) is 5.32 Å². The minimum atomic E-state index is -3.65. The fraction of sp³-hybridized carbons (Fsp3) is 0.409. The molecule has 0 aliphatic carbocycles.